The molecular weight excluding hydrogens is 358 g/mol. The van der Waals surface area contributed by atoms with E-state index in [4.69, 9.17) is 20.3 Å². The molecule has 10 nitrogen and oxygen atoms in total. The first kappa shape index (κ1) is 20.9. The second kappa shape index (κ2) is 8.51. The molecule has 1 heterocycles. The minimum atomic E-state index is -0.952. The molecule has 27 heavy (non-hydrogen) atoms. The lowest BCUT2D eigenvalue weighted by atomic mass is 9.86. The molecule has 0 spiro atoms. The number of hydrogen-bond donors (Lipinski definition) is 4. The van der Waals surface area contributed by atoms with Gasteiger partial charge in [-0.25, -0.2) is 0 Å². The Labute approximate surface area is 156 Å². The summed E-state index contributed by atoms with van der Waals surface area (Å²) in [5, 5.41) is 33.5. The number of carboxylic acids is 1. The molecule has 5 N–H and O–H groups in total. The number of ether oxygens (including phenoxy) is 2. The number of aliphatic hydroxyl groups is 1. The van der Waals surface area contributed by atoms with Crippen LogP contribution in [-0.2, 0) is 9.53 Å². The number of carboxylic acid groups (broad SMARTS) is 1. The number of aliphatic carboxylic acids is 1. The molecule has 0 radical (unpaired) electrons. The summed E-state index contributed by atoms with van der Waals surface area (Å²) >= 11 is 0. The third kappa shape index (κ3) is 5.06. The number of benzene rings is 1. The Bertz CT molecular complexity index is 708. The Morgan fingerprint density at radius 1 is 1.44 bits per heavy atom. The second-order valence-corrected chi connectivity index (χ2v) is 6.90. The zero-order valence-electron chi connectivity index (χ0n) is 15.3. The molecule has 0 aromatic heterocycles. The van der Waals surface area contributed by atoms with Crippen LogP contribution in [0.25, 0.3) is 0 Å². The Kier molecular flexibility index (Phi) is 6.58. The topological polar surface area (TPSA) is 157 Å². The fraction of sp³-hybridized carbons (Fsp3) is 0.588. The number of rotatable bonds is 9. The first-order chi connectivity index (χ1) is 12.6. The van der Waals surface area contributed by atoms with E-state index in [1.165, 1.54) is 12.1 Å². The first-order valence-electron chi connectivity index (χ1n) is 8.61. The Morgan fingerprint density at radius 2 is 2.15 bits per heavy atom. The lowest BCUT2D eigenvalue weighted by Gasteiger charge is -2.42. The normalized spacial score (nSPS) is 20.6. The van der Waals surface area contributed by atoms with E-state index in [-0.39, 0.29) is 24.4 Å². The van der Waals surface area contributed by atoms with Crippen molar-refractivity contribution in [3.05, 3.63) is 27.8 Å². The standard InChI is InChI=1S/C17H25N3O7/c1-17(2)16(23)15(19-5-3-6-26-7-4-14(21)22)10-8-11(18)12(20(24)25)9-13(10)27-17/h8-9,15-16,19,23H,3-7,18H2,1-2H3,(H,21,22). The number of anilines is 1. The van der Waals surface area contributed by atoms with E-state index in [0.29, 0.717) is 30.9 Å². The van der Waals surface area contributed by atoms with Crippen LogP contribution in [0.15, 0.2) is 12.1 Å². The average Bonchev–Trinajstić information content (AvgIpc) is 2.56. The number of aliphatic hydroxyl groups excluding tert-OH is 1. The van der Waals surface area contributed by atoms with Crippen molar-refractivity contribution >= 4 is 17.3 Å². The van der Waals surface area contributed by atoms with Crippen LogP contribution < -0.4 is 15.8 Å². The predicted octanol–water partition coefficient (Wildman–Crippen LogP) is 1.22. The third-order valence-corrected chi connectivity index (χ3v) is 4.38. The second-order valence-electron chi connectivity index (χ2n) is 6.90. The average molecular weight is 383 g/mol. The van der Waals surface area contributed by atoms with E-state index < -0.39 is 28.6 Å². The fourth-order valence-corrected chi connectivity index (χ4v) is 2.92. The summed E-state index contributed by atoms with van der Waals surface area (Å²) in [5.74, 6) is -0.606. The highest BCUT2D eigenvalue weighted by Gasteiger charge is 2.43. The SMILES string of the molecule is CC1(C)Oc2cc([N+](=O)[O-])c(N)cc2C(NCCCOCCC(=O)O)C1O. The van der Waals surface area contributed by atoms with Gasteiger partial charge in [0.15, 0.2) is 0 Å². The van der Waals surface area contributed by atoms with E-state index in [1.807, 2.05) is 0 Å². The van der Waals surface area contributed by atoms with Gasteiger partial charge in [0.1, 0.15) is 23.1 Å². The molecule has 10 heteroatoms. The number of nitrogens with one attached hydrogen (secondary N) is 1. The molecule has 2 rings (SSSR count). The maximum Gasteiger partial charge on any atom is 0.305 e. The molecule has 0 amide bonds. The monoisotopic (exact) mass is 383 g/mol. The molecule has 1 aliphatic heterocycles. The summed E-state index contributed by atoms with van der Waals surface area (Å²) in [5.41, 5.74) is 5.14. The van der Waals surface area contributed by atoms with Crippen LogP contribution in [0.2, 0.25) is 0 Å². The van der Waals surface area contributed by atoms with E-state index in [2.05, 4.69) is 5.32 Å². The van der Waals surface area contributed by atoms with E-state index in [9.17, 15) is 20.0 Å². The predicted molar refractivity (Wildman–Crippen MR) is 96.7 cm³/mol. The lowest BCUT2D eigenvalue weighted by Crippen LogP contribution is -2.52. The smallest absolute Gasteiger partial charge is 0.305 e. The van der Waals surface area contributed by atoms with Crippen LogP contribution in [0.1, 0.15) is 38.3 Å². The Balaban J connectivity index is 2.06. The van der Waals surface area contributed by atoms with Gasteiger partial charge in [-0.2, -0.15) is 0 Å². The molecule has 150 valence electrons. The van der Waals surface area contributed by atoms with Crippen molar-refractivity contribution in [2.24, 2.45) is 0 Å². The third-order valence-electron chi connectivity index (χ3n) is 4.38. The van der Waals surface area contributed by atoms with Crippen LogP contribution in [0.4, 0.5) is 11.4 Å². The molecule has 1 aromatic carbocycles. The summed E-state index contributed by atoms with van der Waals surface area (Å²) in [6.45, 7) is 4.41. The van der Waals surface area contributed by atoms with Gasteiger partial charge in [-0.1, -0.05) is 0 Å². The number of nitrogens with zero attached hydrogens (tertiary/aromatic N) is 1. The van der Waals surface area contributed by atoms with Crippen molar-refractivity contribution in [3.63, 3.8) is 0 Å². The summed E-state index contributed by atoms with van der Waals surface area (Å²) in [7, 11) is 0. The van der Waals surface area contributed by atoms with E-state index in [1.54, 1.807) is 13.8 Å². The number of nitro benzene ring substituents is 1. The minimum Gasteiger partial charge on any atom is -0.484 e. The number of nitro groups is 1. The first-order valence-corrected chi connectivity index (χ1v) is 8.61. The van der Waals surface area contributed by atoms with Gasteiger partial charge in [-0.05, 0) is 32.9 Å². The van der Waals surface area contributed by atoms with Gasteiger partial charge >= 0.3 is 5.97 Å². The summed E-state index contributed by atoms with van der Waals surface area (Å²) < 4.78 is 11.0. The Morgan fingerprint density at radius 3 is 2.78 bits per heavy atom. The number of nitrogen functional groups attached to an aromatic ring is 1. The lowest BCUT2D eigenvalue weighted by molar-refractivity contribution is -0.384. The molecule has 0 saturated carbocycles. The van der Waals surface area contributed by atoms with Gasteiger partial charge in [0.25, 0.3) is 5.69 Å². The molecule has 0 bridgehead atoms. The van der Waals surface area contributed by atoms with Crippen LogP contribution in [-0.4, -0.2) is 52.6 Å². The molecule has 1 aromatic rings. The molecule has 2 unspecified atom stereocenters. The fourth-order valence-electron chi connectivity index (χ4n) is 2.92. The summed E-state index contributed by atoms with van der Waals surface area (Å²) in [6, 6.07) is 2.21. The maximum atomic E-state index is 11.1. The quantitative estimate of drug-likeness (QED) is 0.213. The highest BCUT2D eigenvalue weighted by Crippen LogP contribution is 2.43. The number of nitrogens with two attached hydrogens (primary N) is 1. The summed E-state index contributed by atoms with van der Waals surface area (Å²) in [4.78, 5) is 21.0. The molecule has 0 fully saturated rings. The molecule has 0 aliphatic carbocycles. The van der Waals surface area contributed by atoms with Crippen molar-refractivity contribution < 1.29 is 29.4 Å². The van der Waals surface area contributed by atoms with Crippen LogP contribution in [0.5, 0.6) is 5.75 Å². The van der Waals surface area contributed by atoms with E-state index >= 15 is 0 Å². The van der Waals surface area contributed by atoms with Crippen LogP contribution >= 0.6 is 0 Å². The Hall–Kier alpha value is -2.43. The minimum absolute atomic E-state index is 0.00180. The number of hydrogen-bond acceptors (Lipinski definition) is 8. The molecule has 0 saturated heterocycles. The zero-order chi connectivity index (χ0) is 20.2. The molecule has 2 atom stereocenters. The van der Waals surface area contributed by atoms with Gasteiger partial charge in [-0.3, -0.25) is 14.9 Å². The van der Waals surface area contributed by atoms with Crippen molar-refractivity contribution in [2.75, 3.05) is 25.5 Å². The van der Waals surface area contributed by atoms with E-state index in [0.717, 1.165) is 0 Å². The zero-order valence-corrected chi connectivity index (χ0v) is 15.3. The van der Waals surface area contributed by atoms with Crippen molar-refractivity contribution in [1.29, 1.82) is 0 Å². The number of fused-ring (bicyclic) bond motifs is 1. The highest BCUT2D eigenvalue weighted by molar-refractivity contribution is 5.66. The van der Waals surface area contributed by atoms with Crippen molar-refractivity contribution in [1.82, 2.24) is 5.32 Å². The van der Waals surface area contributed by atoms with Gasteiger partial charge in [0, 0.05) is 12.2 Å². The summed E-state index contributed by atoms with van der Waals surface area (Å²) in [6.07, 6.45) is -0.355. The highest BCUT2D eigenvalue weighted by atomic mass is 16.6. The van der Waals surface area contributed by atoms with Crippen LogP contribution in [0.3, 0.4) is 0 Å². The van der Waals surface area contributed by atoms with Gasteiger partial charge in [0.2, 0.25) is 0 Å². The molecule has 1 aliphatic rings. The number of carbonyl (C=O) groups is 1. The van der Waals surface area contributed by atoms with Crippen molar-refractivity contribution in [3.8, 4) is 5.75 Å². The largest absolute Gasteiger partial charge is 0.484 e. The van der Waals surface area contributed by atoms with Gasteiger partial charge in [-0.15, -0.1) is 0 Å². The van der Waals surface area contributed by atoms with Crippen LogP contribution in [0, 0.1) is 10.1 Å². The maximum absolute atomic E-state index is 11.1. The van der Waals surface area contributed by atoms with Crippen molar-refractivity contribution in [2.45, 2.75) is 44.4 Å². The molecular formula is C17H25N3O7. The van der Waals surface area contributed by atoms with Gasteiger partial charge < -0.3 is 30.7 Å². The van der Waals surface area contributed by atoms with Gasteiger partial charge in [0.05, 0.1) is 30.1 Å².